The molecule has 0 saturated carbocycles. The number of amides is 1. The molecule has 32 heavy (non-hydrogen) atoms. The predicted octanol–water partition coefficient (Wildman–Crippen LogP) is 6.04. The summed E-state index contributed by atoms with van der Waals surface area (Å²) in [5, 5.41) is 12.4. The first-order valence-corrected chi connectivity index (χ1v) is 10.7. The molecule has 0 saturated heterocycles. The predicted molar refractivity (Wildman–Crippen MR) is 129 cm³/mol. The molecule has 0 spiro atoms. The van der Waals surface area contributed by atoms with E-state index >= 15 is 0 Å². The van der Waals surface area contributed by atoms with E-state index in [4.69, 9.17) is 4.74 Å². The van der Waals surface area contributed by atoms with E-state index < -0.39 is 5.91 Å². The van der Waals surface area contributed by atoms with E-state index in [2.05, 4.69) is 41.9 Å². The number of anilines is 1. The Morgan fingerprint density at radius 3 is 2.47 bits per heavy atom. The number of hydrogen-bond donors (Lipinski definition) is 1. The lowest BCUT2D eigenvalue weighted by Gasteiger charge is -2.12. The Hall–Kier alpha value is -3.78. The number of carbonyl (C=O) groups excluding carboxylic acids is 1. The lowest BCUT2D eigenvalue weighted by Crippen LogP contribution is -2.14. The molecule has 1 aromatic heterocycles. The second kappa shape index (κ2) is 9.57. The lowest BCUT2D eigenvalue weighted by atomic mass is 10.1. The SMILES string of the molecule is Cc1ccc(-n2c(C)cc(/C=C(/C#N)C(=O)Nc3cccc(OC(C)C)c3)c2C)cc1C. The summed E-state index contributed by atoms with van der Waals surface area (Å²) in [6, 6.07) is 17.5. The maximum Gasteiger partial charge on any atom is 0.266 e. The van der Waals surface area contributed by atoms with Gasteiger partial charge in [0.25, 0.3) is 5.91 Å². The zero-order valence-electron chi connectivity index (χ0n) is 19.5. The van der Waals surface area contributed by atoms with Crippen molar-refractivity contribution in [1.29, 1.82) is 5.26 Å². The molecule has 2 aromatic carbocycles. The van der Waals surface area contributed by atoms with Crippen LogP contribution in [0, 0.1) is 39.0 Å². The normalized spacial score (nSPS) is 11.4. The van der Waals surface area contributed by atoms with Gasteiger partial charge < -0.3 is 14.6 Å². The van der Waals surface area contributed by atoms with Crippen LogP contribution in [-0.2, 0) is 4.79 Å². The number of nitrogens with zero attached hydrogens (tertiary/aromatic N) is 2. The molecular weight excluding hydrogens is 398 g/mol. The Kier molecular flexibility index (Phi) is 6.85. The molecular formula is C27H29N3O2. The van der Waals surface area contributed by atoms with E-state index in [-0.39, 0.29) is 11.7 Å². The highest BCUT2D eigenvalue weighted by Gasteiger charge is 2.15. The Morgan fingerprint density at radius 1 is 1.06 bits per heavy atom. The van der Waals surface area contributed by atoms with Gasteiger partial charge in [0.2, 0.25) is 0 Å². The van der Waals surface area contributed by atoms with Crippen LogP contribution in [-0.4, -0.2) is 16.6 Å². The van der Waals surface area contributed by atoms with Crippen LogP contribution in [0.15, 0.2) is 54.1 Å². The second-order valence-electron chi connectivity index (χ2n) is 8.25. The monoisotopic (exact) mass is 427 g/mol. The van der Waals surface area contributed by atoms with E-state index in [9.17, 15) is 10.1 Å². The molecule has 0 unspecified atom stereocenters. The van der Waals surface area contributed by atoms with E-state index in [1.165, 1.54) is 11.1 Å². The third-order valence-corrected chi connectivity index (χ3v) is 5.35. The van der Waals surface area contributed by atoms with Gasteiger partial charge in [0.15, 0.2) is 0 Å². The minimum Gasteiger partial charge on any atom is -0.491 e. The number of rotatable bonds is 6. The highest BCUT2D eigenvalue weighted by molar-refractivity contribution is 6.09. The highest BCUT2D eigenvalue weighted by Crippen LogP contribution is 2.25. The van der Waals surface area contributed by atoms with Gasteiger partial charge in [-0.3, -0.25) is 4.79 Å². The average Bonchev–Trinajstić information content (AvgIpc) is 3.01. The van der Waals surface area contributed by atoms with Crippen molar-refractivity contribution in [1.82, 2.24) is 4.57 Å². The first-order chi connectivity index (χ1) is 15.2. The summed E-state index contributed by atoms with van der Waals surface area (Å²) in [5.74, 6) is 0.211. The molecule has 0 atom stereocenters. The minimum atomic E-state index is -0.454. The van der Waals surface area contributed by atoms with E-state index in [0.29, 0.717) is 11.4 Å². The van der Waals surface area contributed by atoms with Crippen LogP contribution >= 0.6 is 0 Å². The molecule has 5 nitrogen and oxygen atoms in total. The Labute approximate surface area is 190 Å². The van der Waals surface area contributed by atoms with Crippen molar-refractivity contribution in [2.24, 2.45) is 0 Å². The fraction of sp³-hybridized carbons (Fsp3) is 0.259. The molecule has 1 amide bonds. The summed E-state index contributed by atoms with van der Waals surface area (Å²) in [5.41, 5.74) is 6.98. The van der Waals surface area contributed by atoms with Crippen molar-refractivity contribution in [3.8, 4) is 17.5 Å². The molecule has 1 heterocycles. The Bertz CT molecular complexity index is 1230. The van der Waals surface area contributed by atoms with Crippen molar-refractivity contribution < 1.29 is 9.53 Å². The third-order valence-electron chi connectivity index (χ3n) is 5.35. The summed E-state index contributed by atoms with van der Waals surface area (Å²) in [6.45, 7) is 12.1. The first-order valence-electron chi connectivity index (χ1n) is 10.7. The van der Waals surface area contributed by atoms with Crippen LogP contribution in [0.1, 0.15) is 41.9 Å². The van der Waals surface area contributed by atoms with E-state index in [1.54, 1.807) is 24.3 Å². The maximum absolute atomic E-state index is 12.8. The first kappa shape index (κ1) is 22.9. The third kappa shape index (κ3) is 5.09. The van der Waals surface area contributed by atoms with Gasteiger partial charge in [0.05, 0.1) is 6.10 Å². The van der Waals surface area contributed by atoms with Gasteiger partial charge in [-0.2, -0.15) is 5.26 Å². The van der Waals surface area contributed by atoms with Gasteiger partial charge in [0.1, 0.15) is 17.4 Å². The van der Waals surface area contributed by atoms with Gasteiger partial charge in [0, 0.05) is 28.8 Å². The van der Waals surface area contributed by atoms with Crippen LogP contribution in [0.5, 0.6) is 5.75 Å². The van der Waals surface area contributed by atoms with Crippen LogP contribution < -0.4 is 10.1 Å². The molecule has 0 aliphatic heterocycles. The zero-order chi connectivity index (χ0) is 23.4. The summed E-state index contributed by atoms with van der Waals surface area (Å²) < 4.78 is 7.81. The Balaban J connectivity index is 1.89. The fourth-order valence-electron chi connectivity index (χ4n) is 3.62. The number of ether oxygens (including phenoxy) is 1. The van der Waals surface area contributed by atoms with Crippen LogP contribution in [0.2, 0.25) is 0 Å². The van der Waals surface area contributed by atoms with Gasteiger partial charge >= 0.3 is 0 Å². The van der Waals surface area contributed by atoms with Crippen molar-refractivity contribution in [2.75, 3.05) is 5.32 Å². The van der Waals surface area contributed by atoms with Crippen LogP contribution in [0.4, 0.5) is 5.69 Å². The van der Waals surface area contributed by atoms with Crippen molar-refractivity contribution in [2.45, 2.75) is 47.6 Å². The smallest absolute Gasteiger partial charge is 0.266 e. The second-order valence-corrected chi connectivity index (χ2v) is 8.25. The molecule has 1 N–H and O–H groups in total. The number of aromatic nitrogens is 1. The minimum absolute atomic E-state index is 0.0306. The topological polar surface area (TPSA) is 67.0 Å². The number of aryl methyl sites for hydroxylation is 3. The Morgan fingerprint density at radius 2 is 1.81 bits per heavy atom. The molecule has 0 radical (unpaired) electrons. The molecule has 3 aromatic rings. The van der Waals surface area contributed by atoms with Gasteiger partial charge in [-0.15, -0.1) is 0 Å². The number of nitrogens with one attached hydrogen (secondary N) is 1. The van der Waals surface area contributed by atoms with E-state index in [0.717, 1.165) is 22.6 Å². The van der Waals surface area contributed by atoms with Gasteiger partial charge in [-0.25, -0.2) is 0 Å². The zero-order valence-corrected chi connectivity index (χ0v) is 19.5. The quantitative estimate of drug-likeness (QED) is 0.385. The highest BCUT2D eigenvalue weighted by atomic mass is 16.5. The van der Waals surface area contributed by atoms with Crippen molar-refractivity contribution in [3.63, 3.8) is 0 Å². The van der Waals surface area contributed by atoms with Crippen molar-refractivity contribution in [3.05, 3.63) is 82.2 Å². The number of carbonyl (C=O) groups is 1. The van der Waals surface area contributed by atoms with Gasteiger partial charge in [-0.05, 0) is 94.6 Å². The number of benzene rings is 2. The number of hydrogen-bond acceptors (Lipinski definition) is 3. The average molecular weight is 428 g/mol. The summed E-state index contributed by atoms with van der Waals surface area (Å²) >= 11 is 0. The molecule has 164 valence electrons. The fourth-order valence-corrected chi connectivity index (χ4v) is 3.62. The molecule has 0 aliphatic rings. The van der Waals surface area contributed by atoms with Crippen molar-refractivity contribution >= 4 is 17.7 Å². The maximum atomic E-state index is 12.8. The molecule has 0 fully saturated rings. The standard InChI is InChI=1S/C27H29N3O2/c1-17(2)32-26-9-7-8-24(15-26)29-27(31)23(16-28)14-22-13-20(5)30(21(22)6)25-11-10-18(3)19(4)12-25/h7-15,17H,1-6H3,(H,29,31)/b23-14-. The van der Waals surface area contributed by atoms with E-state index in [1.807, 2.05) is 45.9 Å². The molecule has 0 aliphatic carbocycles. The molecule has 3 rings (SSSR count). The summed E-state index contributed by atoms with van der Waals surface area (Å²) in [4.78, 5) is 12.8. The van der Waals surface area contributed by atoms with Crippen LogP contribution in [0.3, 0.4) is 0 Å². The number of nitriles is 1. The molecule has 0 bridgehead atoms. The summed E-state index contributed by atoms with van der Waals surface area (Å²) in [6.07, 6.45) is 1.67. The summed E-state index contributed by atoms with van der Waals surface area (Å²) in [7, 11) is 0. The van der Waals surface area contributed by atoms with Crippen LogP contribution in [0.25, 0.3) is 11.8 Å². The van der Waals surface area contributed by atoms with Gasteiger partial charge in [-0.1, -0.05) is 12.1 Å². The lowest BCUT2D eigenvalue weighted by molar-refractivity contribution is -0.112. The largest absolute Gasteiger partial charge is 0.491 e. The molecule has 5 heteroatoms.